The predicted octanol–water partition coefficient (Wildman–Crippen LogP) is 4.24. The summed E-state index contributed by atoms with van der Waals surface area (Å²) in [5, 5.41) is 15.7. The summed E-state index contributed by atoms with van der Waals surface area (Å²) in [6.45, 7) is 1.75. The van der Waals surface area contributed by atoms with E-state index in [-0.39, 0.29) is 35.4 Å². The van der Waals surface area contributed by atoms with E-state index in [1.54, 1.807) is 25.1 Å². The van der Waals surface area contributed by atoms with Crippen LogP contribution in [0.25, 0.3) is 22.0 Å². The van der Waals surface area contributed by atoms with Crippen molar-refractivity contribution in [1.82, 2.24) is 4.98 Å². The van der Waals surface area contributed by atoms with Gasteiger partial charge >= 0.3 is 11.7 Å². The molecule has 0 aliphatic heterocycles. The molecule has 0 atom stereocenters. The Morgan fingerprint density at radius 2 is 2.03 bits per heavy atom. The van der Waals surface area contributed by atoms with Gasteiger partial charge in [-0.2, -0.15) is 0 Å². The zero-order valence-electron chi connectivity index (χ0n) is 16.7. The standard InChI is InChI=1S/C21H20FN3O5/c1-12-10-17(29-2)14(11-15(12)22)20-19-13(6-8-24-20)4-5-16(21(19)25(27)28)23-9-7-18(26)30-3/h4-6,8,10-11,23H,7,9H2,1-3H3. The summed E-state index contributed by atoms with van der Waals surface area (Å²) < 4.78 is 24.3. The SMILES string of the molecule is COC(=O)CCNc1ccc2ccnc(-c3cc(F)c(C)cc3OC)c2c1[N+](=O)[O-]. The van der Waals surface area contributed by atoms with Crippen LogP contribution >= 0.6 is 0 Å². The fourth-order valence-electron chi connectivity index (χ4n) is 3.20. The van der Waals surface area contributed by atoms with Crippen LogP contribution in [0.5, 0.6) is 5.75 Å². The molecule has 0 bridgehead atoms. The molecular formula is C21H20FN3O5. The van der Waals surface area contributed by atoms with E-state index in [1.165, 1.54) is 32.5 Å². The summed E-state index contributed by atoms with van der Waals surface area (Å²) in [6.07, 6.45) is 1.55. The number of nitrogens with zero attached hydrogens (tertiary/aromatic N) is 2. The number of rotatable bonds is 7. The zero-order valence-corrected chi connectivity index (χ0v) is 16.7. The molecule has 3 rings (SSSR count). The first-order chi connectivity index (χ1) is 14.4. The molecule has 156 valence electrons. The highest BCUT2D eigenvalue weighted by Gasteiger charge is 2.24. The maximum atomic E-state index is 14.3. The molecule has 30 heavy (non-hydrogen) atoms. The van der Waals surface area contributed by atoms with Crippen LogP contribution in [0.2, 0.25) is 0 Å². The van der Waals surface area contributed by atoms with Gasteiger partial charge in [0.15, 0.2) is 0 Å². The van der Waals surface area contributed by atoms with Crippen LogP contribution in [-0.2, 0) is 9.53 Å². The molecule has 0 aliphatic carbocycles. The molecular weight excluding hydrogens is 393 g/mol. The molecule has 0 aliphatic rings. The first kappa shape index (κ1) is 21.0. The number of pyridine rings is 1. The first-order valence-corrected chi connectivity index (χ1v) is 9.08. The van der Waals surface area contributed by atoms with Gasteiger partial charge in [0.25, 0.3) is 0 Å². The molecule has 2 aromatic carbocycles. The normalized spacial score (nSPS) is 10.7. The summed E-state index contributed by atoms with van der Waals surface area (Å²) in [5.41, 5.74) is 0.920. The van der Waals surface area contributed by atoms with Gasteiger partial charge in [-0.3, -0.25) is 19.9 Å². The largest absolute Gasteiger partial charge is 0.496 e. The van der Waals surface area contributed by atoms with Crippen LogP contribution in [0.15, 0.2) is 36.5 Å². The number of benzene rings is 2. The van der Waals surface area contributed by atoms with Gasteiger partial charge in [0, 0.05) is 18.3 Å². The summed E-state index contributed by atoms with van der Waals surface area (Å²) in [4.78, 5) is 27.1. The Balaban J connectivity index is 2.22. The minimum absolute atomic E-state index is 0.0442. The van der Waals surface area contributed by atoms with Crippen LogP contribution in [0.4, 0.5) is 15.8 Å². The number of aryl methyl sites for hydroxylation is 1. The van der Waals surface area contributed by atoms with E-state index in [1.807, 2.05) is 0 Å². The fourth-order valence-corrected chi connectivity index (χ4v) is 3.20. The van der Waals surface area contributed by atoms with E-state index in [0.717, 1.165) is 0 Å². The Bertz CT molecular complexity index is 1130. The second-order valence-corrected chi connectivity index (χ2v) is 6.53. The molecule has 3 aromatic rings. The van der Waals surface area contributed by atoms with Crippen LogP contribution in [0.3, 0.4) is 0 Å². The summed E-state index contributed by atoms with van der Waals surface area (Å²) in [5.74, 6) is -0.556. The second kappa shape index (κ2) is 8.73. The molecule has 0 spiro atoms. The summed E-state index contributed by atoms with van der Waals surface area (Å²) in [6, 6.07) is 7.69. The molecule has 0 unspecified atom stereocenters. The Hall–Kier alpha value is -3.75. The molecule has 9 heteroatoms. The van der Waals surface area contributed by atoms with E-state index in [4.69, 9.17) is 4.74 Å². The van der Waals surface area contributed by atoms with Gasteiger partial charge < -0.3 is 14.8 Å². The van der Waals surface area contributed by atoms with Crippen LogP contribution in [0, 0.1) is 22.9 Å². The number of nitro groups is 1. The number of carbonyl (C=O) groups is 1. The molecule has 0 amide bonds. The first-order valence-electron chi connectivity index (χ1n) is 9.08. The van der Waals surface area contributed by atoms with Crippen molar-refractivity contribution in [2.45, 2.75) is 13.3 Å². The average molecular weight is 413 g/mol. The van der Waals surface area contributed by atoms with Crippen molar-refractivity contribution in [2.75, 3.05) is 26.1 Å². The van der Waals surface area contributed by atoms with Gasteiger partial charge in [-0.25, -0.2) is 4.39 Å². The van der Waals surface area contributed by atoms with E-state index < -0.39 is 16.7 Å². The van der Waals surface area contributed by atoms with Crippen LogP contribution in [0.1, 0.15) is 12.0 Å². The van der Waals surface area contributed by atoms with Gasteiger partial charge in [-0.05, 0) is 42.1 Å². The van der Waals surface area contributed by atoms with Gasteiger partial charge in [0.1, 0.15) is 17.3 Å². The van der Waals surface area contributed by atoms with Gasteiger partial charge in [0.2, 0.25) is 0 Å². The number of hydrogen-bond acceptors (Lipinski definition) is 7. The third kappa shape index (κ3) is 4.00. The minimum atomic E-state index is -0.523. The maximum absolute atomic E-state index is 14.3. The lowest BCUT2D eigenvalue weighted by molar-refractivity contribution is -0.382. The molecule has 8 nitrogen and oxygen atoms in total. The van der Waals surface area contributed by atoms with E-state index >= 15 is 0 Å². The molecule has 0 radical (unpaired) electrons. The number of methoxy groups -OCH3 is 2. The quantitative estimate of drug-likeness (QED) is 0.351. The third-order valence-electron chi connectivity index (χ3n) is 4.70. The molecule has 0 saturated carbocycles. The highest BCUT2D eigenvalue weighted by molar-refractivity contribution is 6.05. The molecule has 1 N–H and O–H groups in total. The number of aromatic nitrogens is 1. The molecule has 0 saturated heterocycles. The Morgan fingerprint density at radius 1 is 1.27 bits per heavy atom. The van der Waals surface area contributed by atoms with Crippen molar-refractivity contribution in [1.29, 1.82) is 0 Å². The number of carbonyl (C=O) groups excluding carboxylic acids is 1. The lowest BCUT2D eigenvalue weighted by Crippen LogP contribution is -2.11. The highest BCUT2D eigenvalue weighted by atomic mass is 19.1. The van der Waals surface area contributed by atoms with Crippen LogP contribution in [-0.4, -0.2) is 36.6 Å². The van der Waals surface area contributed by atoms with Crippen LogP contribution < -0.4 is 10.1 Å². The molecule has 0 fully saturated rings. The number of anilines is 1. The third-order valence-corrected chi connectivity index (χ3v) is 4.70. The number of hydrogen-bond donors (Lipinski definition) is 1. The monoisotopic (exact) mass is 413 g/mol. The highest BCUT2D eigenvalue weighted by Crippen LogP contribution is 2.41. The lowest BCUT2D eigenvalue weighted by Gasteiger charge is -2.14. The van der Waals surface area contributed by atoms with E-state index in [9.17, 15) is 19.3 Å². The maximum Gasteiger partial charge on any atom is 0.307 e. The lowest BCUT2D eigenvalue weighted by atomic mass is 9.99. The van der Waals surface area contributed by atoms with E-state index in [0.29, 0.717) is 22.3 Å². The van der Waals surface area contributed by atoms with Crippen molar-refractivity contribution >= 4 is 28.1 Å². The molecule has 1 aromatic heterocycles. The minimum Gasteiger partial charge on any atom is -0.496 e. The van der Waals surface area contributed by atoms with Crippen molar-refractivity contribution in [3.8, 4) is 17.0 Å². The predicted molar refractivity (Wildman–Crippen MR) is 110 cm³/mol. The zero-order chi connectivity index (χ0) is 21.8. The van der Waals surface area contributed by atoms with Crippen molar-refractivity contribution in [3.63, 3.8) is 0 Å². The Kier molecular flexibility index (Phi) is 6.10. The van der Waals surface area contributed by atoms with Crippen molar-refractivity contribution in [3.05, 3.63) is 58.0 Å². The number of halogens is 1. The Labute approximate surface area is 171 Å². The summed E-state index contributed by atoms with van der Waals surface area (Å²) in [7, 11) is 2.71. The second-order valence-electron chi connectivity index (χ2n) is 6.53. The number of ether oxygens (including phenoxy) is 2. The Morgan fingerprint density at radius 3 is 2.70 bits per heavy atom. The fraction of sp³-hybridized carbons (Fsp3) is 0.238. The topological polar surface area (TPSA) is 104 Å². The number of esters is 1. The smallest absolute Gasteiger partial charge is 0.307 e. The number of nitro benzene ring substituents is 1. The number of fused-ring (bicyclic) bond motifs is 1. The van der Waals surface area contributed by atoms with Gasteiger partial charge in [0.05, 0.1) is 36.6 Å². The van der Waals surface area contributed by atoms with Gasteiger partial charge in [-0.1, -0.05) is 6.07 Å². The number of nitrogens with one attached hydrogen (secondary N) is 1. The van der Waals surface area contributed by atoms with Gasteiger partial charge in [-0.15, -0.1) is 0 Å². The summed E-state index contributed by atoms with van der Waals surface area (Å²) >= 11 is 0. The van der Waals surface area contributed by atoms with Crippen molar-refractivity contribution in [2.24, 2.45) is 0 Å². The van der Waals surface area contributed by atoms with E-state index in [2.05, 4.69) is 15.0 Å². The molecule has 1 heterocycles. The van der Waals surface area contributed by atoms with Crippen molar-refractivity contribution < 1.29 is 23.6 Å². The average Bonchev–Trinajstić information content (AvgIpc) is 2.74.